The van der Waals surface area contributed by atoms with Crippen molar-refractivity contribution >= 4 is 39.9 Å². The van der Waals surface area contributed by atoms with Crippen LogP contribution in [0.1, 0.15) is 10.4 Å². The Hall–Kier alpha value is -1.59. The maximum atomic E-state index is 11.9. The lowest BCUT2D eigenvalue weighted by Crippen LogP contribution is -2.11. The first-order valence-corrected chi connectivity index (χ1v) is 6.05. The molecule has 0 unspecified atom stereocenters. The monoisotopic (exact) mass is 342 g/mol. The Morgan fingerprint density at radius 3 is 2.53 bits per heavy atom. The van der Waals surface area contributed by atoms with Gasteiger partial charge in [-0.1, -0.05) is 0 Å². The maximum absolute atomic E-state index is 11.9. The normalized spacial score (nSPS) is 9.37. The molecule has 0 saturated carbocycles. The number of hydrogen-bond donors (Lipinski definition) is 1. The number of benzene rings is 1. The molecule has 0 radical (unpaired) electrons. The minimum absolute atomic E-state index is 0. The second-order valence-corrected chi connectivity index (χ2v) is 4.39. The summed E-state index contributed by atoms with van der Waals surface area (Å²) in [6.07, 6.45) is 3.16. The maximum Gasteiger partial charge on any atom is 0.255 e. The van der Waals surface area contributed by atoms with Gasteiger partial charge in [0.25, 0.3) is 5.91 Å². The van der Waals surface area contributed by atoms with E-state index >= 15 is 0 Å². The highest BCUT2D eigenvalue weighted by Gasteiger charge is 2.07. The molecule has 0 atom stereocenters. The number of aromatic nitrogens is 1. The summed E-state index contributed by atoms with van der Waals surface area (Å²) in [7, 11) is 1.59. The van der Waals surface area contributed by atoms with Crippen molar-refractivity contribution in [2.45, 2.75) is 0 Å². The summed E-state index contributed by atoms with van der Waals surface area (Å²) < 4.78 is 5.91. The van der Waals surface area contributed by atoms with Crippen LogP contribution in [0.15, 0.2) is 47.2 Å². The number of rotatable bonds is 3. The summed E-state index contributed by atoms with van der Waals surface area (Å²) in [4.78, 5) is 15.8. The fourth-order valence-corrected chi connectivity index (χ4v) is 1.99. The average Bonchev–Trinajstić information content (AvgIpc) is 2.40. The van der Waals surface area contributed by atoms with Crippen molar-refractivity contribution in [2.24, 2.45) is 0 Å². The lowest BCUT2D eigenvalue weighted by atomic mass is 10.2. The van der Waals surface area contributed by atoms with Gasteiger partial charge in [-0.25, -0.2) is 0 Å². The van der Waals surface area contributed by atoms with E-state index in [1.807, 2.05) is 0 Å². The quantitative estimate of drug-likeness (QED) is 0.927. The molecule has 0 spiro atoms. The lowest BCUT2D eigenvalue weighted by Gasteiger charge is -2.08. The van der Waals surface area contributed by atoms with Crippen molar-refractivity contribution in [3.05, 3.63) is 52.8 Å². The van der Waals surface area contributed by atoms with Gasteiger partial charge >= 0.3 is 0 Å². The highest BCUT2D eigenvalue weighted by atomic mass is 79.9. The fraction of sp³-hybridized carbons (Fsp3) is 0.0769. The summed E-state index contributed by atoms with van der Waals surface area (Å²) >= 11 is 3.37. The zero-order valence-corrected chi connectivity index (χ0v) is 12.5. The molecule has 0 aliphatic rings. The van der Waals surface area contributed by atoms with Crippen LogP contribution in [0.3, 0.4) is 0 Å². The summed E-state index contributed by atoms with van der Waals surface area (Å²) in [6, 6.07) is 8.68. The number of carbonyl (C=O) groups excluding carboxylic acids is 1. The molecule has 1 aromatic heterocycles. The molecule has 2 aromatic rings. The van der Waals surface area contributed by atoms with Crippen LogP contribution in [-0.4, -0.2) is 18.0 Å². The molecule has 1 amide bonds. The average molecular weight is 344 g/mol. The number of nitrogens with zero attached hydrogens (tertiary/aromatic N) is 1. The second-order valence-electron chi connectivity index (χ2n) is 3.54. The van der Waals surface area contributed by atoms with Gasteiger partial charge < -0.3 is 10.1 Å². The van der Waals surface area contributed by atoms with Gasteiger partial charge in [-0.15, -0.1) is 12.4 Å². The van der Waals surface area contributed by atoms with Crippen molar-refractivity contribution in [1.82, 2.24) is 4.98 Å². The van der Waals surface area contributed by atoms with Gasteiger partial charge in [-0.05, 0) is 46.3 Å². The summed E-state index contributed by atoms with van der Waals surface area (Å²) in [5, 5.41) is 2.80. The van der Waals surface area contributed by atoms with Gasteiger partial charge in [0.15, 0.2) is 0 Å². The number of halogens is 2. The molecule has 2 rings (SSSR count). The molecule has 6 heteroatoms. The molecular formula is C13H12BrClN2O2. The van der Waals surface area contributed by atoms with Crippen molar-refractivity contribution in [3.8, 4) is 5.75 Å². The summed E-state index contributed by atoms with van der Waals surface area (Å²) in [5.41, 5.74) is 1.27. The van der Waals surface area contributed by atoms with Gasteiger partial charge in [0.05, 0.1) is 11.6 Å². The van der Waals surface area contributed by atoms with Crippen LogP contribution in [0, 0.1) is 0 Å². The number of ether oxygens (including phenoxy) is 1. The Morgan fingerprint density at radius 1 is 1.26 bits per heavy atom. The number of amides is 1. The largest absolute Gasteiger partial charge is 0.496 e. The van der Waals surface area contributed by atoms with Crippen LogP contribution in [0.25, 0.3) is 0 Å². The Labute approximate surface area is 125 Å². The minimum Gasteiger partial charge on any atom is -0.496 e. The minimum atomic E-state index is -0.172. The van der Waals surface area contributed by atoms with E-state index in [0.717, 1.165) is 10.2 Å². The van der Waals surface area contributed by atoms with E-state index < -0.39 is 0 Å². The molecule has 0 fully saturated rings. The van der Waals surface area contributed by atoms with Gasteiger partial charge in [0.2, 0.25) is 0 Å². The summed E-state index contributed by atoms with van der Waals surface area (Å²) in [5.74, 6) is 0.548. The van der Waals surface area contributed by atoms with E-state index in [0.29, 0.717) is 11.3 Å². The highest BCUT2D eigenvalue weighted by molar-refractivity contribution is 9.10. The van der Waals surface area contributed by atoms with Gasteiger partial charge in [-0.2, -0.15) is 0 Å². The molecule has 1 heterocycles. The van der Waals surface area contributed by atoms with Crippen LogP contribution in [-0.2, 0) is 0 Å². The Kier molecular flexibility index (Phi) is 5.79. The third kappa shape index (κ3) is 3.94. The van der Waals surface area contributed by atoms with Crippen molar-refractivity contribution in [3.63, 3.8) is 0 Å². The van der Waals surface area contributed by atoms with Gasteiger partial charge in [0, 0.05) is 23.6 Å². The molecular weight excluding hydrogens is 332 g/mol. The van der Waals surface area contributed by atoms with Gasteiger partial charge in [0.1, 0.15) is 5.75 Å². The number of anilines is 1. The predicted molar refractivity (Wildman–Crippen MR) is 80.1 cm³/mol. The fourth-order valence-electron chi connectivity index (χ4n) is 1.45. The smallest absolute Gasteiger partial charge is 0.255 e. The van der Waals surface area contributed by atoms with E-state index in [1.165, 1.54) is 0 Å². The number of methoxy groups -OCH3 is 1. The van der Waals surface area contributed by atoms with Crippen LogP contribution in [0.2, 0.25) is 0 Å². The van der Waals surface area contributed by atoms with E-state index in [2.05, 4.69) is 26.2 Å². The molecule has 4 nitrogen and oxygen atoms in total. The van der Waals surface area contributed by atoms with E-state index in [4.69, 9.17) is 4.74 Å². The standard InChI is InChI=1S/C13H11BrN2O2.ClH/c1-18-12-3-2-10(8-11(12)14)16-13(17)9-4-6-15-7-5-9;/h2-8H,1H3,(H,16,17);1H. The molecule has 1 N–H and O–H groups in total. The van der Waals surface area contributed by atoms with E-state index in [9.17, 15) is 4.79 Å². The zero-order valence-electron chi connectivity index (χ0n) is 10.1. The van der Waals surface area contributed by atoms with Crippen LogP contribution >= 0.6 is 28.3 Å². The number of pyridine rings is 1. The van der Waals surface area contributed by atoms with Crippen molar-refractivity contribution < 1.29 is 9.53 Å². The topological polar surface area (TPSA) is 51.2 Å². The van der Waals surface area contributed by atoms with E-state index in [1.54, 1.807) is 49.8 Å². The third-order valence-electron chi connectivity index (χ3n) is 2.35. The third-order valence-corrected chi connectivity index (χ3v) is 2.97. The number of nitrogens with one attached hydrogen (secondary N) is 1. The van der Waals surface area contributed by atoms with Crippen molar-refractivity contribution in [2.75, 3.05) is 12.4 Å². The predicted octanol–water partition coefficient (Wildman–Crippen LogP) is 3.53. The van der Waals surface area contributed by atoms with Crippen LogP contribution < -0.4 is 10.1 Å². The van der Waals surface area contributed by atoms with Gasteiger partial charge in [-0.3, -0.25) is 9.78 Å². The Bertz CT molecular complexity index is 564. The Balaban J connectivity index is 0.00000180. The van der Waals surface area contributed by atoms with Crippen LogP contribution in [0.5, 0.6) is 5.75 Å². The molecule has 0 bridgehead atoms. The zero-order chi connectivity index (χ0) is 13.0. The first kappa shape index (κ1) is 15.5. The van der Waals surface area contributed by atoms with E-state index in [-0.39, 0.29) is 18.3 Å². The molecule has 0 aliphatic carbocycles. The summed E-state index contributed by atoms with van der Waals surface area (Å²) in [6.45, 7) is 0. The second kappa shape index (κ2) is 7.11. The Morgan fingerprint density at radius 2 is 1.95 bits per heavy atom. The molecule has 0 aliphatic heterocycles. The first-order chi connectivity index (χ1) is 8.70. The number of hydrogen-bond acceptors (Lipinski definition) is 3. The first-order valence-electron chi connectivity index (χ1n) is 5.25. The number of carbonyl (C=O) groups is 1. The molecule has 100 valence electrons. The molecule has 19 heavy (non-hydrogen) atoms. The lowest BCUT2D eigenvalue weighted by molar-refractivity contribution is 0.102. The molecule has 1 aromatic carbocycles. The molecule has 0 saturated heterocycles. The highest BCUT2D eigenvalue weighted by Crippen LogP contribution is 2.27. The van der Waals surface area contributed by atoms with Crippen LogP contribution in [0.4, 0.5) is 5.69 Å². The SMILES string of the molecule is COc1ccc(NC(=O)c2ccncc2)cc1Br.Cl. The van der Waals surface area contributed by atoms with Crippen molar-refractivity contribution in [1.29, 1.82) is 0 Å².